The fraction of sp³-hybridized carbons (Fsp3) is 0.356. The highest BCUT2D eigenvalue weighted by molar-refractivity contribution is 7.99. The number of amides is 2. The number of thioether (sulfide) groups is 2. The van der Waals surface area contributed by atoms with Crippen LogP contribution in [0.4, 0.5) is 23.8 Å². The number of nitrogen functional groups attached to an aromatic ring is 4. The van der Waals surface area contributed by atoms with Crippen LogP contribution in [0.3, 0.4) is 0 Å². The molecule has 4 aromatic carbocycles. The van der Waals surface area contributed by atoms with Crippen molar-refractivity contribution in [3.63, 3.8) is 0 Å². The number of ether oxygens (including phenoxy) is 5. The zero-order valence-electron chi connectivity index (χ0n) is 54.0. The van der Waals surface area contributed by atoms with E-state index in [0.29, 0.717) is 176 Å². The molecule has 8 aromatic rings. The van der Waals surface area contributed by atoms with Crippen LogP contribution in [-0.4, -0.2) is 194 Å². The second-order valence-electron chi connectivity index (χ2n) is 20.7. The summed E-state index contributed by atoms with van der Waals surface area (Å²) < 4.78 is 27.3. The molecule has 0 radical (unpaired) electrons. The third-order valence-corrected chi connectivity index (χ3v) is 16.4. The number of methoxy groups -OCH3 is 2. The first kappa shape index (κ1) is 80.6. The Balaban J connectivity index is 0.000000235. The molecule has 522 valence electrons. The van der Waals surface area contributed by atoms with Crippen molar-refractivity contribution in [3.8, 4) is 74.6 Å². The zero-order valence-corrected chi connectivity index (χ0v) is 61.7. The van der Waals surface area contributed by atoms with Crippen LogP contribution in [-0.2, 0) is 9.59 Å². The number of hydrogen-bond donors (Lipinski definition) is 6. The number of benzene rings is 4. The Bertz CT molecular complexity index is 3950. The molecule has 28 nitrogen and oxygen atoms in total. The van der Waals surface area contributed by atoms with Gasteiger partial charge in [-0.25, -0.2) is 15.0 Å². The van der Waals surface area contributed by atoms with Crippen LogP contribution in [0.25, 0.3) is 45.6 Å². The minimum Gasteiger partial charge on any atom is -0.495 e. The maximum absolute atomic E-state index is 10.8. The second kappa shape index (κ2) is 40.1. The van der Waals surface area contributed by atoms with E-state index in [1.54, 1.807) is 55.5 Å². The average molecular weight is 1530 g/mol. The highest BCUT2D eigenvalue weighted by Crippen LogP contribution is 2.40. The number of primary amides is 2. The number of rotatable bonds is 28. The lowest BCUT2D eigenvalue weighted by atomic mass is 10.2. The van der Waals surface area contributed by atoms with Crippen molar-refractivity contribution in [1.29, 1.82) is 0 Å². The van der Waals surface area contributed by atoms with Crippen LogP contribution in [0.2, 0.25) is 40.2 Å². The Morgan fingerprint density at radius 1 is 0.402 bits per heavy atom. The van der Waals surface area contributed by atoms with Gasteiger partial charge in [0, 0.05) is 66.2 Å². The zero-order chi connectivity index (χ0) is 71.6. The summed E-state index contributed by atoms with van der Waals surface area (Å²) in [6, 6.07) is 13.2. The van der Waals surface area contributed by atoms with E-state index in [4.69, 9.17) is 151 Å². The molecule has 0 aliphatic carbocycles. The van der Waals surface area contributed by atoms with Gasteiger partial charge in [0.05, 0.1) is 54.4 Å². The van der Waals surface area contributed by atoms with E-state index in [2.05, 4.69) is 59.8 Å². The van der Waals surface area contributed by atoms with Crippen molar-refractivity contribution >= 4 is 152 Å². The molecular weight excluding hydrogens is 1460 g/mol. The summed E-state index contributed by atoms with van der Waals surface area (Å²) in [6.07, 6.45) is 1.85. The maximum Gasteiger partial charge on any atom is 0.321 e. The van der Waals surface area contributed by atoms with Crippen molar-refractivity contribution in [2.24, 2.45) is 11.5 Å². The number of carbonyl (C=O) groups is 2. The van der Waals surface area contributed by atoms with E-state index < -0.39 is 0 Å². The standard InChI is InChI=1S/C17H22Cl2N6O2S.C14H15Cl2N5O2S.C14H17Cl2N5O2.C14H17Cl2N5O/c1-25(2)5-6-27-13-8-10(11(18)9-12(13)19)15-22-16(21)24-17(23-15)28-7-3-4-14(20)26;1-23-10-5-7(8(15)6-9(10)16)12-19-13(18)21-14(20-12)24-4-2-3-11(17)22;1-21(2)4-5-23-11-6-8(9(15)7-10(11)16)12-18-13(17)20-14(19-12)22-3;1-8-18-13(20-14(17)19-8)9-6-12(11(16)7-10(9)15)22-5-4-21(2)3/h8-9H,3-7H2,1-2H3,(H2,20,26)(H2,21,22,23,24);5-6H,2-4H2,1H3,(H2,17,22)(H2,18,19,20,21);6-7H,4-5H2,1-3H3,(H2,17,18,19,20);6-7H,4-5H2,1-3H3,(H2,17,18,19,20). The molecule has 4 heterocycles. The molecule has 2 amide bonds. The molecule has 0 spiro atoms. The monoisotopic (exact) mass is 1530 g/mol. The van der Waals surface area contributed by atoms with E-state index in [1.807, 2.05) is 57.0 Å². The lowest BCUT2D eigenvalue weighted by molar-refractivity contribution is -0.118. The average Bonchev–Trinajstić information content (AvgIpc) is 0.848. The van der Waals surface area contributed by atoms with Gasteiger partial charge in [0.25, 0.3) is 0 Å². The molecule has 0 aliphatic rings. The maximum atomic E-state index is 10.8. The summed E-state index contributed by atoms with van der Waals surface area (Å²) in [7, 11) is 14.7. The molecule has 0 unspecified atom stereocenters. The number of likely N-dealkylation sites (N-methyl/N-ethyl adjacent to an activating group) is 3. The molecule has 0 bridgehead atoms. The van der Waals surface area contributed by atoms with Gasteiger partial charge in [-0.1, -0.05) is 116 Å². The minimum atomic E-state index is -0.341. The number of aromatic nitrogens is 12. The third-order valence-electron chi connectivity index (χ3n) is 12.1. The largest absolute Gasteiger partial charge is 0.495 e. The summed E-state index contributed by atoms with van der Waals surface area (Å²) in [6.45, 7) is 5.45. The minimum absolute atomic E-state index is 0.0351. The van der Waals surface area contributed by atoms with Crippen LogP contribution < -0.4 is 58.1 Å². The van der Waals surface area contributed by atoms with Crippen molar-refractivity contribution in [2.45, 2.75) is 42.9 Å². The molecule has 4 aromatic heterocycles. The highest BCUT2D eigenvalue weighted by Gasteiger charge is 2.20. The number of aryl methyl sites for hydroxylation is 1. The topological polar surface area (TPSA) is 401 Å². The van der Waals surface area contributed by atoms with Crippen LogP contribution in [0.1, 0.15) is 31.5 Å². The fourth-order valence-electron chi connectivity index (χ4n) is 7.45. The summed E-state index contributed by atoms with van der Waals surface area (Å²) in [5, 5.41) is 4.05. The molecule has 0 atom stereocenters. The number of carbonyl (C=O) groups excluding carboxylic acids is 2. The summed E-state index contributed by atoms with van der Waals surface area (Å²) >= 11 is 52.3. The van der Waals surface area contributed by atoms with Crippen LogP contribution in [0.15, 0.2) is 58.8 Å². The molecule has 38 heteroatoms. The Morgan fingerprint density at radius 2 is 0.711 bits per heavy atom. The summed E-state index contributed by atoms with van der Waals surface area (Å²) in [5.41, 5.74) is 35.3. The van der Waals surface area contributed by atoms with E-state index >= 15 is 0 Å². The van der Waals surface area contributed by atoms with E-state index in [-0.39, 0.29) is 47.4 Å². The quantitative estimate of drug-likeness (QED) is 0.0196. The van der Waals surface area contributed by atoms with Gasteiger partial charge in [0.1, 0.15) is 48.6 Å². The molecule has 0 saturated heterocycles. The van der Waals surface area contributed by atoms with E-state index in [0.717, 1.165) is 19.6 Å². The summed E-state index contributed by atoms with van der Waals surface area (Å²) in [5.74, 6) is 4.68. The van der Waals surface area contributed by atoms with Gasteiger partial charge in [-0.15, -0.1) is 0 Å². The SMILES string of the molecule is CN(C)CCOc1cc(-c2nc(N)nc(SCCCC(N)=O)n2)c(Cl)cc1Cl.COc1cc(-c2nc(N)nc(SCCCC(N)=O)n2)c(Cl)cc1Cl.COc1nc(N)nc(-c2cc(OCCN(C)C)c(Cl)cc2Cl)n1.Cc1nc(N)nc(-c2cc(OCCN(C)C)c(Cl)cc2Cl)n1. The molecule has 12 N–H and O–H groups in total. The Hall–Kier alpha value is -7.04. The van der Waals surface area contributed by atoms with Crippen molar-refractivity contribution in [3.05, 3.63) is 94.5 Å². The third kappa shape index (κ3) is 27.3. The number of halogens is 8. The van der Waals surface area contributed by atoms with Gasteiger partial charge in [0.15, 0.2) is 33.6 Å². The molecule has 97 heavy (non-hydrogen) atoms. The van der Waals surface area contributed by atoms with Gasteiger partial charge in [0.2, 0.25) is 35.6 Å². The lowest BCUT2D eigenvalue weighted by Gasteiger charge is -2.14. The predicted molar refractivity (Wildman–Crippen MR) is 387 cm³/mol. The first-order chi connectivity index (χ1) is 45.9. The molecular formula is C59H71Cl8N21O7S2. The van der Waals surface area contributed by atoms with Gasteiger partial charge in [-0.3, -0.25) is 9.59 Å². The van der Waals surface area contributed by atoms with Gasteiger partial charge < -0.3 is 72.8 Å². The highest BCUT2D eigenvalue weighted by atomic mass is 35.5. The number of nitrogens with two attached hydrogens (primary N) is 6. The van der Waals surface area contributed by atoms with Gasteiger partial charge >= 0.3 is 6.01 Å². The van der Waals surface area contributed by atoms with Gasteiger partial charge in [-0.2, -0.15) is 44.9 Å². The smallest absolute Gasteiger partial charge is 0.321 e. The number of nitrogens with zero attached hydrogens (tertiary/aromatic N) is 15. The molecule has 0 aliphatic heterocycles. The second-order valence-corrected chi connectivity index (χ2v) is 26.1. The Labute approximate surface area is 609 Å². The van der Waals surface area contributed by atoms with Crippen molar-refractivity contribution < 1.29 is 33.3 Å². The number of hydrogen-bond acceptors (Lipinski definition) is 28. The first-order valence-electron chi connectivity index (χ1n) is 28.7. The van der Waals surface area contributed by atoms with E-state index in [9.17, 15) is 9.59 Å². The predicted octanol–water partition coefficient (Wildman–Crippen LogP) is 10.6. The molecule has 0 saturated carbocycles. The van der Waals surface area contributed by atoms with Crippen LogP contribution in [0, 0.1) is 6.92 Å². The lowest BCUT2D eigenvalue weighted by Crippen LogP contribution is -2.19. The van der Waals surface area contributed by atoms with Crippen molar-refractivity contribution in [1.82, 2.24) is 74.5 Å². The fourth-order valence-corrected chi connectivity index (χ4v) is 11.1. The molecule has 8 rings (SSSR count). The Morgan fingerprint density at radius 3 is 1.03 bits per heavy atom. The van der Waals surface area contributed by atoms with Gasteiger partial charge in [-0.05, 0) is 111 Å². The van der Waals surface area contributed by atoms with Crippen molar-refractivity contribution in [2.75, 3.05) is 130 Å². The summed E-state index contributed by atoms with van der Waals surface area (Å²) in [4.78, 5) is 77.2. The number of anilines is 4. The normalized spacial score (nSPS) is 10.9. The Kier molecular flexibility index (Phi) is 33.4. The van der Waals surface area contributed by atoms with Crippen LogP contribution in [0.5, 0.6) is 29.0 Å². The van der Waals surface area contributed by atoms with Crippen LogP contribution >= 0.6 is 116 Å². The molecule has 0 fully saturated rings. The van der Waals surface area contributed by atoms with E-state index in [1.165, 1.54) is 37.7 Å². The first-order valence-corrected chi connectivity index (χ1v) is 33.7.